The molecule has 0 saturated carbocycles. The minimum absolute atomic E-state index is 0.201. The summed E-state index contributed by atoms with van der Waals surface area (Å²) >= 11 is 0. The summed E-state index contributed by atoms with van der Waals surface area (Å²) in [5.74, 6) is 0.503. The van der Waals surface area contributed by atoms with Crippen molar-refractivity contribution >= 4 is 18.4 Å². The maximum absolute atomic E-state index is 5.93. The van der Waals surface area contributed by atoms with E-state index in [1.165, 1.54) is 0 Å². The first-order chi connectivity index (χ1) is 7.77. The van der Waals surface area contributed by atoms with E-state index < -0.39 is 0 Å². The molecule has 2 N–H and O–H groups in total. The third kappa shape index (κ3) is 2.98. The Morgan fingerprint density at radius 1 is 1.18 bits per heavy atom. The fourth-order valence-electron chi connectivity index (χ4n) is 2.40. The van der Waals surface area contributed by atoms with Crippen LogP contribution in [0, 0.1) is 0 Å². The Bertz CT molecular complexity index is 387. The van der Waals surface area contributed by atoms with Crippen LogP contribution in [-0.4, -0.2) is 23.3 Å². The summed E-state index contributed by atoms with van der Waals surface area (Å²) in [4.78, 5) is 4.07. The number of anilines is 1. The molecule has 0 unspecified atom stereocenters. The molecule has 0 aliphatic carbocycles. The number of nitrogens with zero attached hydrogens (tertiary/aromatic N) is 1. The van der Waals surface area contributed by atoms with Crippen molar-refractivity contribution in [1.82, 2.24) is 4.98 Å². The summed E-state index contributed by atoms with van der Waals surface area (Å²) in [6.07, 6.45) is 2.57. The molecule has 0 bridgehead atoms. The zero-order valence-corrected chi connectivity index (χ0v) is 10.9. The van der Waals surface area contributed by atoms with Gasteiger partial charge in [-0.05, 0) is 33.8 Å². The molecular weight excluding hydrogens is 215 g/mol. The Balaban J connectivity index is 2.24. The molecule has 1 aliphatic heterocycles. The van der Waals surface area contributed by atoms with Crippen molar-refractivity contribution in [2.24, 2.45) is 0 Å². The summed E-state index contributed by atoms with van der Waals surface area (Å²) in [5.41, 5.74) is 6.07. The standard InChI is InChI=1S/C12H19BN2O2/c1-11(2)8-12(3,4)17-13(16-11)9-5-6-10(14)15-7-9/h5-7H,8H2,1-4H3,(H2,14,15). The average molecular weight is 234 g/mol. The summed E-state index contributed by atoms with van der Waals surface area (Å²) in [7, 11) is -0.373. The first-order valence-electron chi connectivity index (χ1n) is 5.85. The first-order valence-corrected chi connectivity index (χ1v) is 5.85. The van der Waals surface area contributed by atoms with Gasteiger partial charge in [0.25, 0.3) is 0 Å². The Hall–Kier alpha value is -1.07. The van der Waals surface area contributed by atoms with Crippen LogP contribution in [-0.2, 0) is 9.31 Å². The summed E-state index contributed by atoms with van der Waals surface area (Å²) in [6, 6.07) is 3.65. The smallest absolute Gasteiger partial charge is 0.402 e. The van der Waals surface area contributed by atoms with Crippen molar-refractivity contribution in [3.8, 4) is 0 Å². The van der Waals surface area contributed by atoms with Crippen LogP contribution in [0.5, 0.6) is 0 Å². The molecule has 0 radical (unpaired) electrons. The molecule has 92 valence electrons. The van der Waals surface area contributed by atoms with Crippen molar-refractivity contribution in [3.05, 3.63) is 18.3 Å². The van der Waals surface area contributed by atoms with Gasteiger partial charge in [0.1, 0.15) is 5.82 Å². The van der Waals surface area contributed by atoms with Gasteiger partial charge in [-0.1, -0.05) is 6.07 Å². The van der Waals surface area contributed by atoms with Gasteiger partial charge in [-0.2, -0.15) is 0 Å². The lowest BCUT2D eigenvalue weighted by molar-refractivity contribution is -0.0716. The van der Waals surface area contributed by atoms with E-state index in [4.69, 9.17) is 15.0 Å². The highest BCUT2D eigenvalue weighted by atomic mass is 16.6. The maximum atomic E-state index is 5.93. The minimum Gasteiger partial charge on any atom is -0.402 e. The molecule has 2 heterocycles. The van der Waals surface area contributed by atoms with Crippen LogP contribution in [0.2, 0.25) is 0 Å². The minimum atomic E-state index is -0.373. The fraction of sp³-hybridized carbons (Fsp3) is 0.583. The average Bonchev–Trinajstić information content (AvgIpc) is 2.13. The second-order valence-electron chi connectivity index (χ2n) is 5.78. The van der Waals surface area contributed by atoms with Gasteiger partial charge in [-0.25, -0.2) is 4.98 Å². The van der Waals surface area contributed by atoms with Crippen LogP contribution in [0.25, 0.3) is 0 Å². The van der Waals surface area contributed by atoms with E-state index in [1.54, 1.807) is 12.3 Å². The van der Waals surface area contributed by atoms with Gasteiger partial charge in [0.2, 0.25) is 0 Å². The normalized spacial score (nSPS) is 22.5. The topological polar surface area (TPSA) is 57.4 Å². The number of hydrogen-bond acceptors (Lipinski definition) is 4. The molecule has 0 aromatic carbocycles. The molecule has 1 aliphatic rings. The third-order valence-electron chi connectivity index (χ3n) is 2.78. The summed E-state index contributed by atoms with van der Waals surface area (Å²) < 4.78 is 11.9. The van der Waals surface area contributed by atoms with Gasteiger partial charge in [-0.3, -0.25) is 0 Å². The van der Waals surface area contributed by atoms with Crippen molar-refractivity contribution < 1.29 is 9.31 Å². The predicted molar refractivity (Wildman–Crippen MR) is 69.0 cm³/mol. The molecule has 4 nitrogen and oxygen atoms in total. The van der Waals surface area contributed by atoms with E-state index in [2.05, 4.69) is 32.7 Å². The predicted octanol–water partition coefficient (Wildman–Crippen LogP) is 1.35. The van der Waals surface area contributed by atoms with E-state index >= 15 is 0 Å². The lowest BCUT2D eigenvalue weighted by Gasteiger charge is -2.44. The van der Waals surface area contributed by atoms with Crippen molar-refractivity contribution in [2.45, 2.75) is 45.3 Å². The van der Waals surface area contributed by atoms with Gasteiger partial charge >= 0.3 is 7.12 Å². The fourth-order valence-corrected chi connectivity index (χ4v) is 2.40. The van der Waals surface area contributed by atoms with Crippen LogP contribution >= 0.6 is 0 Å². The molecule has 0 amide bonds. The SMILES string of the molecule is CC1(C)CC(C)(C)OB(c2ccc(N)nc2)O1. The summed E-state index contributed by atoms with van der Waals surface area (Å²) in [5, 5.41) is 0. The molecule has 5 heteroatoms. The lowest BCUT2D eigenvalue weighted by atomic mass is 9.73. The second kappa shape index (κ2) is 4.00. The number of nitrogens with two attached hydrogens (primary N) is 1. The quantitative estimate of drug-likeness (QED) is 0.745. The number of hydrogen-bond donors (Lipinski definition) is 1. The Morgan fingerprint density at radius 2 is 1.76 bits per heavy atom. The second-order valence-corrected chi connectivity index (χ2v) is 5.78. The number of aromatic nitrogens is 1. The van der Waals surface area contributed by atoms with Crippen molar-refractivity contribution in [2.75, 3.05) is 5.73 Å². The number of nitrogen functional groups attached to an aromatic ring is 1. The van der Waals surface area contributed by atoms with E-state index in [-0.39, 0.29) is 18.3 Å². The molecular formula is C12H19BN2O2. The molecule has 17 heavy (non-hydrogen) atoms. The van der Waals surface area contributed by atoms with Gasteiger partial charge in [-0.15, -0.1) is 0 Å². The molecule has 0 atom stereocenters. The molecule has 2 rings (SSSR count). The highest BCUT2D eigenvalue weighted by Crippen LogP contribution is 2.32. The van der Waals surface area contributed by atoms with Gasteiger partial charge in [0.15, 0.2) is 0 Å². The highest BCUT2D eigenvalue weighted by molar-refractivity contribution is 6.61. The monoisotopic (exact) mass is 234 g/mol. The zero-order chi connectivity index (χ0) is 12.7. The largest absolute Gasteiger partial charge is 0.496 e. The zero-order valence-electron chi connectivity index (χ0n) is 10.9. The highest BCUT2D eigenvalue weighted by Gasteiger charge is 2.43. The summed E-state index contributed by atoms with van der Waals surface area (Å²) in [6.45, 7) is 8.31. The van der Waals surface area contributed by atoms with Crippen molar-refractivity contribution in [3.63, 3.8) is 0 Å². The molecule has 1 aromatic rings. The van der Waals surface area contributed by atoms with Gasteiger partial charge in [0, 0.05) is 18.1 Å². The first kappa shape index (κ1) is 12.4. The van der Waals surface area contributed by atoms with Crippen LogP contribution in [0.4, 0.5) is 5.82 Å². The molecule has 0 spiro atoms. The van der Waals surface area contributed by atoms with Crippen LogP contribution in [0.3, 0.4) is 0 Å². The Labute approximate surface area is 103 Å². The van der Waals surface area contributed by atoms with E-state index in [9.17, 15) is 0 Å². The molecule has 1 fully saturated rings. The molecule has 1 aromatic heterocycles. The van der Waals surface area contributed by atoms with E-state index in [0.29, 0.717) is 5.82 Å². The van der Waals surface area contributed by atoms with Crippen LogP contribution in [0.1, 0.15) is 34.1 Å². The van der Waals surface area contributed by atoms with Gasteiger partial charge < -0.3 is 15.0 Å². The Morgan fingerprint density at radius 3 is 2.24 bits per heavy atom. The number of pyridine rings is 1. The van der Waals surface area contributed by atoms with E-state index in [1.807, 2.05) is 6.07 Å². The van der Waals surface area contributed by atoms with Crippen LogP contribution in [0.15, 0.2) is 18.3 Å². The molecule has 1 saturated heterocycles. The van der Waals surface area contributed by atoms with E-state index in [0.717, 1.165) is 11.9 Å². The lowest BCUT2D eigenvalue weighted by Crippen LogP contribution is -2.56. The van der Waals surface area contributed by atoms with Crippen molar-refractivity contribution in [1.29, 1.82) is 0 Å². The number of rotatable bonds is 1. The maximum Gasteiger partial charge on any atom is 0.496 e. The van der Waals surface area contributed by atoms with Crippen LogP contribution < -0.4 is 11.2 Å². The Kier molecular flexibility index (Phi) is 2.91. The third-order valence-corrected chi connectivity index (χ3v) is 2.78. The van der Waals surface area contributed by atoms with Gasteiger partial charge in [0.05, 0.1) is 11.2 Å².